The summed E-state index contributed by atoms with van der Waals surface area (Å²) in [4.78, 5) is 28.2. The van der Waals surface area contributed by atoms with Crippen LogP contribution in [-0.4, -0.2) is 5.78 Å². The molecule has 2 aromatic carbocycles. The number of para-hydroxylation sites is 3. The molecule has 2 atom stereocenters. The largest absolute Gasteiger partial charge is 0.464 e. The molecule has 0 saturated heterocycles. The molecule has 2 N–H and O–H groups in total. The van der Waals surface area contributed by atoms with E-state index in [0.29, 0.717) is 34.9 Å². The van der Waals surface area contributed by atoms with Gasteiger partial charge in [-0.15, -0.1) is 11.3 Å². The zero-order valence-electron chi connectivity index (χ0n) is 17.1. The quantitative estimate of drug-likeness (QED) is 0.410. The van der Waals surface area contributed by atoms with Gasteiger partial charge >= 0.3 is 0 Å². The van der Waals surface area contributed by atoms with Crippen molar-refractivity contribution < 1.29 is 9.21 Å². The minimum atomic E-state index is -0.584. The minimum Gasteiger partial charge on any atom is -0.464 e. The number of benzene rings is 2. The van der Waals surface area contributed by atoms with Gasteiger partial charge in [0, 0.05) is 28.5 Å². The maximum Gasteiger partial charge on any atom is 0.198 e. The standard InChI is InChI=1S/C26H20N2O3S/c29-21-13-15(23-10-5-11-32-23)12-20-24(21)25(28-19-8-3-2-7-18(19)27-20)17-14-31-22-9-4-1-6-16(22)26(17)30/h1-11,14-15,25,27-28H,12-13H2/t15-,25+/m1/s1. The van der Waals surface area contributed by atoms with Gasteiger partial charge < -0.3 is 15.1 Å². The molecule has 0 unspecified atom stereocenters. The number of Topliss-reactive ketones (excluding diaryl/α,β-unsaturated/α-hetero) is 1. The summed E-state index contributed by atoms with van der Waals surface area (Å²) in [6.45, 7) is 0. The van der Waals surface area contributed by atoms with Crippen LogP contribution in [0.2, 0.25) is 0 Å². The van der Waals surface area contributed by atoms with Crippen molar-refractivity contribution in [3.63, 3.8) is 0 Å². The fraction of sp³-hybridized carbons (Fsp3) is 0.154. The van der Waals surface area contributed by atoms with Gasteiger partial charge in [-0.2, -0.15) is 0 Å². The highest BCUT2D eigenvalue weighted by atomic mass is 32.1. The smallest absolute Gasteiger partial charge is 0.198 e. The molecule has 0 amide bonds. The lowest BCUT2D eigenvalue weighted by atomic mass is 9.81. The molecule has 2 aliphatic rings. The summed E-state index contributed by atoms with van der Waals surface area (Å²) in [5.74, 6) is 0.183. The van der Waals surface area contributed by atoms with E-state index in [4.69, 9.17) is 4.42 Å². The molecule has 32 heavy (non-hydrogen) atoms. The van der Waals surface area contributed by atoms with Crippen molar-refractivity contribution >= 4 is 39.5 Å². The molecule has 158 valence electrons. The van der Waals surface area contributed by atoms with Gasteiger partial charge in [-0.05, 0) is 42.1 Å². The number of ketones is 1. The Morgan fingerprint density at radius 2 is 1.72 bits per heavy atom. The lowest BCUT2D eigenvalue weighted by molar-refractivity contribution is -0.116. The van der Waals surface area contributed by atoms with Gasteiger partial charge in [-0.3, -0.25) is 9.59 Å². The van der Waals surface area contributed by atoms with Crippen molar-refractivity contribution in [3.05, 3.63) is 104 Å². The molecule has 1 aliphatic heterocycles. The Kier molecular flexibility index (Phi) is 4.47. The lowest BCUT2D eigenvalue weighted by Gasteiger charge is -2.28. The van der Waals surface area contributed by atoms with Gasteiger partial charge in [-0.1, -0.05) is 30.3 Å². The molecule has 0 fully saturated rings. The molecule has 6 heteroatoms. The van der Waals surface area contributed by atoms with Crippen LogP contribution in [0.4, 0.5) is 11.4 Å². The Morgan fingerprint density at radius 3 is 2.56 bits per heavy atom. The molecule has 2 aromatic heterocycles. The molecule has 1 aliphatic carbocycles. The SMILES string of the molecule is O=C1C[C@H](c2cccs2)CC2=C1[C@H](c1coc3ccccc3c1=O)Nc1ccccc1N2. The van der Waals surface area contributed by atoms with Crippen LogP contribution in [0.1, 0.15) is 35.2 Å². The summed E-state index contributed by atoms with van der Waals surface area (Å²) >= 11 is 1.68. The first-order valence-electron chi connectivity index (χ1n) is 10.6. The molecule has 4 aromatic rings. The molecule has 0 bridgehead atoms. The van der Waals surface area contributed by atoms with E-state index in [0.717, 1.165) is 17.1 Å². The molecule has 5 nitrogen and oxygen atoms in total. The summed E-state index contributed by atoms with van der Waals surface area (Å²) in [6, 6.07) is 18.6. The topological polar surface area (TPSA) is 71.3 Å². The highest BCUT2D eigenvalue weighted by Crippen LogP contribution is 2.44. The first-order valence-corrected chi connectivity index (χ1v) is 11.5. The van der Waals surface area contributed by atoms with Crippen molar-refractivity contribution in [2.45, 2.75) is 24.8 Å². The van der Waals surface area contributed by atoms with E-state index in [2.05, 4.69) is 16.7 Å². The Morgan fingerprint density at radius 1 is 0.906 bits per heavy atom. The van der Waals surface area contributed by atoms with Gasteiger partial charge in [0.25, 0.3) is 0 Å². The van der Waals surface area contributed by atoms with Gasteiger partial charge in [0.2, 0.25) is 0 Å². The zero-order chi connectivity index (χ0) is 21.7. The number of fused-ring (bicyclic) bond motifs is 2. The van der Waals surface area contributed by atoms with Crippen LogP contribution < -0.4 is 16.1 Å². The van der Waals surface area contributed by atoms with Gasteiger partial charge in [0.15, 0.2) is 11.2 Å². The van der Waals surface area contributed by atoms with Crippen LogP contribution in [0, 0.1) is 0 Å². The summed E-state index contributed by atoms with van der Waals surface area (Å²) in [6.07, 6.45) is 2.64. The zero-order valence-corrected chi connectivity index (χ0v) is 17.9. The van der Waals surface area contributed by atoms with Crippen molar-refractivity contribution in [2.75, 3.05) is 10.6 Å². The third-order valence-electron chi connectivity index (χ3n) is 6.27. The Hall–Kier alpha value is -3.64. The van der Waals surface area contributed by atoms with Crippen LogP contribution in [-0.2, 0) is 4.79 Å². The van der Waals surface area contributed by atoms with Gasteiger partial charge in [0.05, 0.1) is 28.4 Å². The number of hydrogen-bond acceptors (Lipinski definition) is 6. The third-order valence-corrected chi connectivity index (χ3v) is 7.31. The number of allylic oxidation sites excluding steroid dienone is 1. The summed E-state index contributed by atoms with van der Waals surface area (Å²) in [5, 5.41) is 9.53. The van der Waals surface area contributed by atoms with Crippen LogP contribution in [0.15, 0.2) is 92.8 Å². The second-order valence-corrected chi connectivity index (χ2v) is 9.18. The average molecular weight is 441 g/mol. The summed E-state index contributed by atoms with van der Waals surface area (Å²) in [5.41, 5.74) is 4.09. The first-order chi connectivity index (χ1) is 15.7. The second kappa shape index (κ2) is 7.50. The van der Waals surface area contributed by atoms with Crippen LogP contribution in [0.25, 0.3) is 11.0 Å². The van der Waals surface area contributed by atoms with E-state index in [9.17, 15) is 9.59 Å². The molecule has 0 radical (unpaired) electrons. The van der Waals surface area contributed by atoms with Crippen molar-refractivity contribution in [1.29, 1.82) is 0 Å². The Labute approximate surface area is 188 Å². The second-order valence-electron chi connectivity index (χ2n) is 8.20. The van der Waals surface area contributed by atoms with E-state index in [1.165, 1.54) is 11.1 Å². The Balaban J connectivity index is 1.54. The van der Waals surface area contributed by atoms with Crippen LogP contribution >= 0.6 is 11.3 Å². The number of nitrogens with one attached hydrogen (secondary N) is 2. The van der Waals surface area contributed by atoms with Crippen molar-refractivity contribution in [2.24, 2.45) is 0 Å². The fourth-order valence-corrected chi connectivity index (χ4v) is 5.57. The monoisotopic (exact) mass is 440 g/mol. The van der Waals surface area contributed by atoms with Crippen LogP contribution in [0.5, 0.6) is 0 Å². The van der Waals surface area contributed by atoms with Gasteiger partial charge in [0.1, 0.15) is 11.8 Å². The number of carbonyl (C=O) groups excluding carboxylic acids is 1. The minimum absolute atomic E-state index is 0.0509. The molecular weight excluding hydrogens is 420 g/mol. The van der Waals surface area contributed by atoms with E-state index in [-0.39, 0.29) is 17.1 Å². The van der Waals surface area contributed by atoms with E-state index >= 15 is 0 Å². The van der Waals surface area contributed by atoms with Crippen LogP contribution in [0.3, 0.4) is 0 Å². The lowest BCUT2D eigenvalue weighted by Crippen LogP contribution is -2.29. The maximum absolute atomic E-state index is 13.5. The number of anilines is 2. The maximum atomic E-state index is 13.5. The molecule has 0 spiro atoms. The van der Waals surface area contributed by atoms with Crippen molar-refractivity contribution in [3.8, 4) is 0 Å². The summed E-state index contributed by atoms with van der Waals surface area (Å²) in [7, 11) is 0. The first kappa shape index (κ1) is 19.1. The molecule has 3 heterocycles. The van der Waals surface area contributed by atoms with E-state index in [1.807, 2.05) is 47.8 Å². The highest BCUT2D eigenvalue weighted by Gasteiger charge is 2.37. The van der Waals surface area contributed by atoms with E-state index in [1.54, 1.807) is 23.5 Å². The van der Waals surface area contributed by atoms with Crippen molar-refractivity contribution in [1.82, 2.24) is 0 Å². The third kappa shape index (κ3) is 3.07. The number of rotatable bonds is 2. The average Bonchev–Trinajstić information content (AvgIpc) is 3.29. The highest BCUT2D eigenvalue weighted by molar-refractivity contribution is 7.10. The normalized spacial score (nSPS) is 20.2. The number of hydrogen-bond donors (Lipinski definition) is 2. The summed E-state index contributed by atoms with van der Waals surface area (Å²) < 4.78 is 5.81. The molecule has 6 rings (SSSR count). The number of carbonyl (C=O) groups is 1. The molecular formula is C26H20N2O3S. The Bertz CT molecular complexity index is 1430. The predicted molar refractivity (Wildman–Crippen MR) is 127 cm³/mol. The van der Waals surface area contributed by atoms with Gasteiger partial charge in [-0.25, -0.2) is 0 Å². The number of thiophene rings is 1. The predicted octanol–water partition coefficient (Wildman–Crippen LogP) is 5.83. The van der Waals surface area contributed by atoms with E-state index < -0.39 is 6.04 Å². The fourth-order valence-electron chi connectivity index (χ4n) is 4.74. The molecule has 0 saturated carbocycles.